The first-order chi connectivity index (χ1) is 4.34. The third-order valence-electron chi connectivity index (χ3n) is 0.867. The van der Waals surface area contributed by atoms with Crippen LogP contribution in [0.5, 0.6) is 0 Å². The van der Waals surface area contributed by atoms with Gasteiger partial charge in [0, 0.05) is 7.11 Å². The molecular weight excluding hydrogens is 122 g/mol. The molecule has 5 heteroatoms. The number of hydrogen-bond donors (Lipinski definition) is 1. The molecule has 50 valence electrons. The number of anilines is 1. The number of rotatable bonds is 2. The van der Waals surface area contributed by atoms with E-state index in [1.807, 2.05) is 0 Å². The van der Waals surface area contributed by atoms with Crippen LogP contribution in [0.25, 0.3) is 0 Å². The van der Waals surface area contributed by atoms with Crippen molar-refractivity contribution < 1.29 is 9.37 Å². The van der Waals surface area contributed by atoms with Crippen molar-refractivity contribution in [3.63, 3.8) is 0 Å². The second kappa shape index (κ2) is 2.45. The SMILES string of the molecule is COCc1nonc1N. The van der Waals surface area contributed by atoms with Crippen molar-refractivity contribution in [2.45, 2.75) is 6.61 Å². The lowest BCUT2D eigenvalue weighted by Crippen LogP contribution is -1.93. The first kappa shape index (κ1) is 6.03. The van der Waals surface area contributed by atoms with Crippen molar-refractivity contribution >= 4 is 5.82 Å². The van der Waals surface area contributed by atoms with E-state index >= 15 is 0 Å². The van der Waals surface area contributed by atoms with Crippen molar-refractivity contribution in [3.05, 3.63) is 5.69 Å². The molecule has 0 radical (unpaired) electrons. The second-order valence-corrected chi connectivity index (χ2v) is 1.53. The van der Waals surface area contributed by atoms with E-state index in [1.165, 1.54) is 0 Å². The van der Waals surface area contributed by atoms with E-state index in [0.717, 1.165) is 0 Å². The topological polar surface area (TPSA) is 74.2 Å². The fourth-order valence-corrected chi connectivity index (χ4v) is 0.450. The summed E-state index contributed by atoms with van der Waals surface area (Å²) in [6, 6.07) is 0. The highest BCUT2D eigenvalue weighted by Crippen LogP contribution is 2.03. The van der Waals surface area contributed by atoms with Gasteiger partial charge in [-0.1, -0.05) is 5.16 Å². The normalized spacial score (nSPS) is 9.89. The number of ether oxygens (including phenoxy) is 1. The second-order valence-electron chi connectivity index (χ2n) is 1.53. The fraction of sp³-hybridized carbons (Fsp3) is 0.500. The van der Waals surface area contributed by atoms with Crippen molar-refractivity contribution in [2.75, 3.05) is 12.8 Å². The van der Waals surface area contributed by atoms with Gasteiger partial charge in [0.1, 0.15) is 0 Å². The van der Waals surface area contributed by atoms with E-state index in [1.54, 1.807) is 7.11 Å². The summed E-state index contributed by atoms with van der Waals surface area (Å²) >= 11 is 0. The minimum atomic E-state index is 0.289. The average molecular weight is 129 g/mol. The Hall–Kier alpha value is -1.10. The Morgan fingerprint density at radius 2 is 2.44 bits per heavy atom. The number of hydrogen-bond acceptors (Lipinski definition) is 5. The maximum absolute atomic E-state index is 5.28. The van der Waals surface area contributed by atoms with Crippen LogP contribution in [0, 0.1) is 0 Å². The quantitative estimate of drug-likeness (QED) is 0.598. The summed E-state index contributed by atoms with van der Waals surface area (Å²) in [6.45, 7) is 0.343. The van der Waals surface area contributed by atoms with Gasteiger partial charge in [-0.2, -0.15) is 0 Å². The van der Waals surface area contributed by atoms with Crippen LogP contribution in [0.4, 0.5) is 5.82 Å². The molecule has 0 fully saturated rings. The molecule has 0 spiro atoms. The summed E-state index contributed by atoms with van der Waals surface area (Å²) in [6.07, 6.45) is 0. The first-order valence-corrected chi connectivity index (χ1v) is 2.40. The van der Waals surface area contributed by atoms with Gasteiger partial charge in [0.05, 0.1) is 6.61 Å². The molecule has 5 nitrogen and oxygen atoms in total. The number of aromatic nitrogens is 2. The van der Waals surface area contributed by atoms with Gasteiger partial charge in [-0.3, -0.25) is 0 Å². The molecule has 1 aromatic heterocycles. The lowest BCUT2D eigenvalue weighted by molar-refractivity contribution is 0.175. The predicted octanol–water partition coefficient (Wildman–Crippen LogP) is -0.202. The van der Waals surface area contributed by atoms with E-state index in [4.69, 9.17) is 10.5 Å². The van der Waals surface area contributed by atoms with Crippen LogP contribution in [0.1, 0.15) is 5.69 Å². The number of nitrogens with zero attached hydrogens (tertiary/aromatic N) is 2. The maximum atomic E-state index is 5.28. The van der Waals surface area contributed by atoms with E-state index in [0.29, 0.717) is 12.3 Å². The van der Waals surface area contributed by atoms with E-state index in [-0.39, 0.29) is 5.82 Å². The molecule has 0 amide bonds. The average Bonchev–Trinajstić information content (AvgIpc) is 2.18. The fourth-order valence-electron chi connectivity index (χ4n) is 0.450. The van der Waals surface area contributed by atoms with Gasteiger partial charge in [-0.25, -0.2) is 4.63 Å². The minimum Gasteiger partial charge on any atom is -0.379 e. The summed E-state index contributed by atoms with van der Waals surface area (Å²) < 4.78 is 9.02. The molecule has 0 bridgehead atoms. The van der Waals surface area contributed by atoms with Crippen LogP contribution in [0.15, 0.2) is 4.63 Å². The van der Waals surface area contributed by atoms with Crippen molar-refractivity contribution in [2.24, 2.45) is 0 Å². The molecule has 0 unspecified atom stereocenters. The smallest absolute Gasteiger partial charge is 0.193 e. The Balaban J connectivity index is 2.69. The molecule has 0 aromatic carbocycles. The van der Waals surface area contributed by atoms with Gasteiger partial charge in [0.2, 0.25) is 0 Å². The van der Waals surface area contributed by atoms with Gasteiger partial charge in [-0.05, 0) is 5.16 Å². The van der Waals surface area contributed by atoms with Crippen molar-refractivity contribution in [3.8, 4) is 0 Å². The minimum absolute atomic E-state index is 0.289. The Morgan fingerprint density at radius 1 is 1.67 bits per heavy atom. The Morgan fingerprint density at radius 3 is 2.89 bits per heavy atom. The largest absolute Gasteiger partial charge is 0.379 e. The van der Waals surface area contributed by atoms with E-state index in [2.05, 4.69) is 14.9 Å². The molecule has 0 saturated heterocycles. The standard InChI is InChI=1S/C4H7N3O2/c1-8-2-3-4(5)7-9-6-3/h2H2,1H3,(H2,5,7). The van der Waals surface area contributed by atoms with Crippen LogP contribution < -0.4 is 5.73 Å². The highest BCUT2D eigenvalue weighted by atomic mass is 16.6. The molecule has 0 aliphatic rings. The number of nitrogen functional groups attached to an aromatic ring is 1. The zero-order valence-corrected chi connectivity index (χ0v) is 5.00. The summed E-state index contributed by atoms with van der Waals surface area (Å²) in [5, 5.41) is 6.82. The zero-order chi connectivity index (χ0) is 6.69. The third kappa shape index (κ3) is 1.17. The van der Waals surface area contributed by atoms with Crippen molar-refractivity contribution in [1.82, 2.24) is 10.3 Å². The molecule has 1 aromatic rings. The summed E-state index contributed by atoms with van der Waals surface area (Å²) in [5.41, 5.74) is 5.82. The maximum Gasteiger partial charge on any atom is 0.193 e. The van der Waals surface area contributed by atoms with Gasteiger partial charge >= 0.3 is 0 Å². The van der Waals surface area contributed by atoms with Gasteiger partial charge in [-0.15, -0.1) is 0 Å². The van der Waals surface area contributed by atoms with Crippen molar-refractivity contribution in [1.29, 1.82) is 0 Å². The third-order valence-corrected chi connectivity index (χ3v) is 0.867. The summed E-state index contributed by atoms with van der Waals surface area (Å²) in [5.74, 6) is 0.289. The van der Waals surface area contributed by atoms with Crippen LogP contribution in [-0.2, 0) is 11.3 Å². The summed E-state index contributed by atoms with van der Waals surface area (Å²) in [4.78, 5) is 0. The molecular formula is C4H7N3O2. The zero-order valence-electron chi connectivity index (χ0n) is 5.00. The molecule has 0 aliphatic carbocycles. The van der Waals surface area contributed by atoms with Crippen LogP contribution >= 0.6 is 0 Å². The Bertz CT molecular complexity index is 186. The van der Waals surface area contributed by atoms with Crippen LogP contribution in [-0.4, -0.2) is 17.4 Å². The molecule has 9 heavy (non-hydrogen) atoms. The predicted molar refractivity (Wildman–Crippen MR) is 29.4 cm³/mol. The molecule has 1 heterocycles. The highest BCUT2D eigenvalue weighted by Gasteiger charge is 2.02. The van der Waals surface area contributed by atoms with Gasteiger partial charge < -0.3 is 10.5 Å². The van der Waals surface area contributed by atoms with Gasteiger partial charge in [0.15, 0.2) is 11.5 Å². The molecule has 1 rings (SSSR count). The summed E-state index contributed by atoms with van der Waals surface area (Å²) in [7, 11) is 1.55. The van der Waals surface area contributed by atoms with Crippen LogP contribution in [0.2, 0.25) is 0 Å². The highest BCUT2D eigenvalue weighted by molar-refractivity contribution is 5.29. The number of methoxy groups -OCH3 is 1. The lowest BCUT2D eigenvalue weighted by Gasteiger charge is -1.88. The molecule has 0 atom stereocenters. The molecule has 2 N–H and O–H groups in total. The van der Waals surface area contributed by atoms with E-state index in [9.17, 15) is 0 Å². The Labute approximate surface area is 51.8 Å². The first-order valence-electron chi connectivity index (χ1n) is 2.40. The lowest BCUT2D eigenvalue weighted by atomic mass is 10.5. The van der Waals surface area contributed by atoms with Crippen LogP contribution in [0.3, 0.4) is 0 Å². The number of nitrogens with two attached hydrogens (primary N) is 1. The molecule has 0 aliphatic heterocycles. The monoisotopic (exact) mass is 129 g/mol. The van der Waals surface area contributed by atoms with E-state index < -0.39 is 0 Å². The van der Waals surface area contributed by atoms with Gasteiger partial charge in [0.25, 0.3) is 0 Å². The molecule has 0 saturated carbocycles. The Kier molecular flexibility index (Phi) is 1.64.